The minimum Gasteiger partial charge on any atom is -0.461 e. The van der Waals surface area contributed by atoms with Crippen LogP contribution in [0.5, 0.6) is 0 Å². The van der Waals surface area contributed by atoms with E-state index in [0.717, 1.165) is 24.8 Å². The van der Waals surface area contributed by atoms with Crippen molar-refractivity contribution in [3.05, 3.63) is 35.9 Å². The van der Waals surface area contributed by atoms with Crippen LogP contribution in [0.15, 0.2) is 30.3 Å². The summed E-state index contributed by atoms with van der Waals surface area (Å²) in [6.45, 7) is 5.79. The van der Waals surface area contributed by atoms with Gasteiger partial charge >= 0.3 is 12.1 Å². The first-order valence-corrected chi connectivity index (χ1v) is 8.52. The topological polar surface area (TPSA) is 64.6 Å². The molecule has 1 aromatic carbocycles. The highest BCUT2D eigenvalue weighted by molar-refractivity contribution is 5.71. The molecule has 24 heavy (non-hydrogen) atoms. The second-order valence-corrected chi connectivity index (χ2v) is 7.29. The maximum atomic E-state index is 12.1. The van der Waals surface area contributed by atoms with E-state index in [0.29, 0.717) is 6.42 Å². The van der Waals surface area contributed by atoms with Gasteiger partial charge in [-0.1, -0.05) is 36.8 Å². The van der Waals surface area contributed by atoms with Crippen molar-refractivity contribution in [3.63, 3.8) is 0 Å². The van der Waals surface area contributed by atoms with E-state index < -0.39 is 11.7 Å². The molecule has 0 unspecified atom stereocenters. The number of esters is 1. The number of carbonyl (C=O) groups excluding carboxylic acids is 2. The zero-order valence-electron chi connectivity index (χ0n) is 14.7. The predicted molar refractivity (Wildman–Crippen MR) is 91.4 cm³/mol. The third kappa shape index (κ3) is 6.22. The van der Waals surface area contributed by atoms with E-state index in [4.69, 9.17) is 9.47 Å². The number of nitrogens with one attached hydrogen (secondary N) is 1. The van der Waals surface area contributed by atoms with Crippen molar-refractivity contribution in [2.75, 3.05) is 0 Å². The summed E-state index contributed by atoms with van der Waals surface area (Å²) < 4.78 is 10.6. The normalized spacial score (nSPS) is 20.5. The number of amides is 1. The smallest absolute Gasteiger partial charge is 0.407 e. The molecule has 1 fully saturated rings. The van der Waals surface area contributed by atoms with Gasteiger partial charge in [-0.2, -0.15) is 0 Å². The lowest BCUT2D eigenvalue weighted by Gasteiger charge is -2.24. The molecule has 1 amide bonds. The van der Waals surface area contributed by atoms with Gasteiger partial charge in [0.15, 0.2) is 0 Å². The largest absolute Gasteiger partial charge is 0.461 e. The van der Waals surface area contributed by atoms with Crippen LogP contribution in [0, 0.1) is 5.92 Å². The van der Waals surface area contributed by atoms with Gasteiger partial charge in [0.2, 0.25) is 0 Å². The number of alkyl carbamates (subject to hydrolysis) is 1. The highest BCUT2D eigenvalue weighted by atomic mass is 16.6. The summed E-state index contributed by atoms with van der Waals surface area (Å²) >= 11 is 0. The first-order valence-electron chi connectivity index (χ1n) is 8.52. The van der Waals surface area contributed by atoms with Gasteiger partial charge in [0.05, 0.1) is 6.42 Å². The highest BCUT2D eigenvalue weighted by Gasteiger charge is 2.32. The Labute approximate surface area is 143 Å². The molecule has 1 saturated carbocycles. The van der Waals surface area contributed by atoms with Gasteiger partial charge in [0.25, 0.3) is 0 Å². The second-order valence-electron chi connectivity index (χ2n) is 7.29. The van der Waals surface area contributed by atoms with E-state index in [1.54, 1.807) is 0 Å². The monoisotopic (exact) mass is 333 g/mol. The van der Waals surface area contributed by atoms with Gasteiger partial charge in [-0.05, 0) is 45.1 Å². The lowest BCUT2D eigenvalue weighted by atomic mass is 10.00. The first-order chi connectivity index (χ1) is 11.3. The van der Waals surface area contributed by atoms with E-state index in [1.165, 1.54) is 0 Å². The summed E-state index contributed by atoms with van der Waals surface area (Å²) in [6, 6.07) is 9.59. The van der Waals surface area contributed by atoms with Crippen LogP contribution in [0.4, 0.5) is 4.79 Å². The number of hydrogen-bond donors (Lipinski definition) is 1. The quantitative estimate of drug-likeness (QED) is 0.832. The van der Waals surface area contributed by atoms with Crippen LogP contribution in [0.3, 0.4) is 0 Å². The van der Waals surface area contributed by atoms with Gasteiger partial charge in [0.1, 0.15) is 12.2 Å². The molecule has 1 N–H and O–H groups in total. The van der Waals surface area contributed by atoms with Crippen molar-refractivity contribution in [3.8, 4) is 0 Å². The minimum absolute atomic E-state index is 0.0240. The highest BCUT2D eigenvalue weighted by Crippen LogP contribution is 2.29. The summed E-state index contributed by atoms with van der Waals surface area (Å²) in [7, 11) is 0. The van der Waals surface area contributed by atoms with Crippen LogP contribution in [0.25, 0.3) is 0 Å². The van der Waals surface area contributed by atoms with Gasteiger partial charge in [-0.15, -0.1) is 0 Å². The van der Waals surface area contributed by atoms with E-state index in [2.05, 4.69) is 5.32 Å². The molecular weight excluding hydrogens is 306 g/mol. The van der Waals surface area contributed by atoms with Crippen molar-refractivity contribution < 1.29 is 19.1 Å². The van der Waals surface area contributed by atoms with Crippen LogP contribution in [0.2, 0.25) is 0 Å². The van der Waals surface area contributed by atoms with Crippen molar-refractivity contribution in [2.24, 2.45) is 5.92 Å². The summed E-state index contributed by atoms with van der Waals surface area (Å²) in [5, 5.41) is 2.90. The standard InChI is InChI=1S/C19H27NO4/c1-19(2,3)24-18(22)20-16-11-7-10-15(16)12-17(21)23-13-14-8-5-4-6-9-14/h4-6,8-9,15-16H,7,10-13H2,1-3H3,(H,20,22)/t15-,16+/m1/s1. The molecular formula is C19H27NO4. The molecule has 5 nitrogen and oxygen atoms in total. The average Bonchev–Trinajstić information content (AvgIpc) is 2.91. The van der Waals surface area contributed by atoms with Crippen LogP contribution in [0.1, 0.15) is 52.0 Å². The molecule has 0 aliphatic heterocycles. The maximum Gasteiger partial charge on any atom is 0.407 e. The second kappa shape index (κ2) is 8.18. The lowest BCUT2D eigenvalue weighted by molar-refractivity contribution is -0.146. The Morgan fingerprint density at radius 3 is 2.54 bits per heavy atom. The SMILES string of the molecule is CC(C)(C)OC(=O)N[C@H]1CCC[C@@H]1CC(=O)OCc1ccccc1. The van der Waals surface area contributed by atoms with E-state index in [-0.39, 0.29) is 24.5 Å². The zero-order chi connectivity index (χ0) is 17.6. The Morgan fingerprint density at radius 2 is 1.88 bits per heavy atom. The number of rotatable bonds is 5. The molecule has 2 atom stereocenters. The van der Waals surface area contributed by atoms with Gasteiger partial charge in [0, 0.05) is 6.04 Å². The van der Waals surface area contributed by atoms with E-state index in [9.17, 15) is 9.59 Å². The van der Waals surface area contributed by atoms with E-state index >= 15 is 0 Å². The summed E-state index contributed by atoms with van der Waals surface area (Å²) in [6.07, 6.45) is 2.69. The van der Waals surface area contributed by atoms with Gasteiger partial charge in [-0.3, -0.25) is 4.79 Å². The Kier molecular flexibility index (Phi) is 6.23. The molecule has 1 aliphatic rings. The first kappa shape index (κ1) is 18.3. The van der Waals surface area contributed by atoms with Crippen LogP contribution >= 0.6 is 0 Å². The molecule has 0 bridgehead atoms. The lowest BCUT2D eigenvalue weighted by Crippen LogP contribution is -2.41. The molecule has 0 heterocycles. The Hall–Kier alpha value is -2.04. The van der Waals surface area contributed by atoms with Crippen LogP contribution < -0.4 is 5.32 Å². The maximum absolute atomic E-state index is 12.1. The number of carbonyl (C=O) groups is 2. The number of hydrogen-bond acceptors (Lipinski definition) is 4. The summed E-state index contributed by atoms with van der Waals surface area (Å²) in [4.78, 5) is 24.0. The Morgan fingerprint density at radius 1 is 1.17 bits per heavy atom. The number of ether oxygens (including phenoxy) is 2. The van der Waals surface area contributed by atoms with Gasteiger partial charge in [-0.25, -0.2) is 4.79 Å². The summed E-state index contributed by atoms with van der Waals surface area (Å²) in [5.41, 5.74) is 0.452. The van der Waals surface area contributed by atoms with Crippen molar-refractivity contribution in [1.29, 1.82) is 0 Å². The molecule has 0 radical (unpaired) electrons. The fourth-order valence-corrected chi connectivity index (χ4v) is 2.94. The fourth-order valence-electron chi connectivity index (χ4n) is 2.94. The molecule has 1 aliphatic carbocycles. The van der Waals surface area contributed by atoms with Crippen molar-refractivity contribution >= 4 is 12.1 Å². The molecule has 5 heteroatoms. The third-order valence-corrected chi connectivity index (χ3v) is 4.03. The molecule has 132 valence electrons. The van der Waals surface area contributed by atoms with Gasteiger partial charge < -0.3 is 14.8 Å². The fraction of sp³-hybridized carbons (Fsp3) is 0.579. The van der Waals surface area contributed by atoms with Crippen molar-refractivity contribution in [1.82, 2.24) is 5.32 Å². The van der Waals surface area contributed by atoms with E-state index in [1.807, 2.05) is 51.1 Å². The molecule has 2 rings (SSSR count). The average molecular weight is 333 g/mol. The Balaban J connectivity index is 1.78. The van der Waals surface area contributed by atoms with Crippen LogP contribution in [-0.2, 0) is 20.9 Å². The number of benzene rings is 1. The van der Waals surface area contributed by atoms with Crippen LogP contribution in [-0.4, -0.2) is 23.7 Å². The minimum atomic E-state index is -0.521. The summed E-state index contributed by atoms with van der Waals surface area (Å²) in [5.74, 6) is -0.109. The molecule has 1 aromatic rings. The Bertz CT molecular complexity index is 550. The molecule has 0 spiro atoms. The third-order valence-electron chi connectivity index (χ3n) is 4.03. The van der Waals surface area contributed by atoms with Crippen molar-refractivity contribution in [2.45, 2.75) is 64.7 Å². The predicted octanol–water partition coefficient (Wildman–Crippen LogP) is 3.81. The molecule has 0 saturated heterocycles. The zero-order valence-corrected chi connectivity index (χ0v) is 14.7. The molecule has 0 aromatic heterocycles.